The van der Waals surface area contributed by atoms with Crippen LogP contribution in [0.4, 0.5) is 5.69 Å². The summed E-state index contributed by atoms with van der Waals surface area (Å²) in [5, 5.41) is 22.5. The van der Waals surface area contributed by atoms with Gasteiger partial charge >= 0.3 is 0 Å². The number of hydrogen-bond acceptors (Lipinski definition) is 4. The monoisotopic (exact) mass is 271 g/mol. The maximum atomic E-state index is 12.2. The molecule has 1 aliphatic rings. The summed E-state index contributed by atoms with van der Waals surface area (Å²) in [5.74, 6) is -2.68. The van der Waals surface area contributed by atoms with Crippen LogP contribution in [0.2, 0.25) is 0 Å². The Bertz CT molecular complexity index is 545. The highest BCUT2D eigenvalue weighted by Gasteiger charge is 2.31. The molecule has 1 aromatic carbocycles. The molecule has 1 saturated carbocycles. The Kier molecular flexibility index (Phi) is 4.36. The minimum Gasteiger partial charge on any atom is -0.550 e. The van der Waals surface area contributed by atoms with Gasteiger partial charge in [0, 0.05) is 23.5 Å². The maximum Gasteiger partial charge on any atom is 0.228 e. The van der Waals surface area contributed by atoms with Crippen LogP contribution in [0, 0.1) is 23.2 Å². The normalized spacial score (nSPS) is 21.8. The second kappa shape index (κ2) is 6.20. The molecule has 0 radical (unpaired) electrons. The van der Waals surface area contributed by atoms with Gasteiger partial charge in [0.1, 0.15) is 0 Å². The van der Waals surface area contributed by atoms with Gasteiger partial charge in [0.25, 0.3) is 0 Å². The van der Waals surface area contributed by atoms with Gasteiger partial charge in [-0.2, -0.15) is 5.26 Å². The van der Waals surface area contributed by atoms with Crippen LogP contribution in [0.3, 0.4) is 0 Å². The summed E-state index contributed by atoms with van der Waals surface area (Å²) >= 11 is 0. The van der Waals surface area contributed by atoms with Crippen molar-refractivity contribution < 1.29 is 14.7 Å². The smallest absolute Gasteiger partial charge is 0.228 e. The zero-order valence-corrected chi connectivity index (χ0v) is 11.0. The van der Waals surface area contributed by atoms with Gasteiger partial charge in [-0.25, -0.2) is 0 Å². The Labute approximate surface area is 117 Å². The third-order valence-electron chi connectivity index (χ3n) is 3.69. The quantitative estimate of drug-likeness (QED) is 0.889. The Balaban J connectivity index is 2.06. The van der Waals surface area contributed by atoms with Gasteiger partial charge in [-0.1, -0.05) is 12.8 Å². The number of carboxylic acid groups (broad SMARTS) is 1. The van der Waals surface area contributed by atoms with Crippen LogP contribution in [-0.4, -0.2) is 11.9 Å². The molecule has 2 rings (SSSR count). The van der Waals surface area contributed by atoms with Crippen molar-refractivity contribution in [2.45, 2.75) is 25.7 Å². The zero-order chi connectivity index (χ0) is 14.5. The van der Waals surface area contributed by atoms with E-state index in [0.717, 1.165) is 12.8 Å². The van der Waals surface area contributed by atoms with Crippen LogP contribution in [-0.2, 0) is 9.59 Å². The Morgan fingerprint density at radius 2 is 1.75 bits per heavy atom. The largest absolute Gasteiger partial charge is 0.550 e. The van der Waals surface area contributed by atoms with Crippen molar-refractivity contribution in [3.63, 3.8) is 0 Å². The van der Waals surface area contributed by atoms with Gasteiger partial charge in [0.05, 0.1) is 11.6 Å². The van der Waals surface area contributed by atoms with Crippen molar-refractivity contribution in [3.8, 4) is 6.07 Å². The van der Waals surface area contributed by atoms with Gasteiger partial charge < -0.3 is 15.2 Å². The number of hydrogen-bond donors (Lipinski definition) is 1. The van der Waals surface area contributed by atoms with E-state index in [1.807, 2.05) is 6.07 Å². The molecular weight excluding hydrogens is 256 g/mol. The van der Waals surface area contributed by atoms with Gasteiger partial charge in [-0.15, -0.1) is 0 Å². The van der Waals surface area contributed by atoms with E-state index in [1.165, 1.54) is 0 Å². The molecule has 2 atom stereocenters. The first-order chi connectivity index (χ1) is 9.61. The van der Waals surface area contributed by atoms with Crippen LogP contribution < -0.4 is 10.4 Å². The van der Waals surface area contributed by atoms with Crippen molar-refractivity contribution in [1.29, 1.82) is 5.26 Å². The highest BCUT2D eigenvalue weighted by atomic mass is 16.4. The van der Waals surface area contributed by atoms with E-state index in [0.29, 0.717) is 24.1 Å². The summed E-state index contributed by atoms with van der Waals surface area (Å²) in [5.41, 5.74) is 1.07. The molecule has 1 aliphatic carbocycles. The lowest BCUT2D eigenvalue weighted by Gasteiger charge is -2.31. The first kappa shape index (κ1) is 14.1. The molecular formula is C15H15N2O3-. The molecule has 1 fully saturated rings. The number of nitriles is 1. The molecule has 1 aromatic rings. The standard InChI is InChI=1S/C15H16N2O3/c16-9-10-5-7-11(8-6-10)17-14(18)12-3-1-2-4-13(12)15(19)20/h5-8,12-13H,1-4H2,(H,17,18)(H,19,20)/p-1. The number of rotatable bonds is 3. The molecule has 5 heteroatoms. The van der Waals surface area contributed by atoms with E-state index < -0.39 is 17.8 Å². The van der Waals surface area contributed by atoms with Crippen LogP contribution in [0.15, 0.2) is 24.3 Å². The number of carbonyl (C=O) groups is 2. The molecule has 5 nitrogen and oxygen atoms in total. The number of carbonyl (C=O) groups excluding carboxylic acids is 2. The summed E-state index contributed by atoms with van der Waals surface area (Å²) in [7, 11) is 0. The molecule has 0 heterocycles. The third-order valence-corrected chi connectivity index (χ3v) is 3.69. The Morgan fingerprint density at radius 1 is 1.15 bits per heavy atom. The van der Waals surface area contributed by atoms with Gasteiger partial charge in [0.15, 0.2) is 0 Å². The van der Waals surface area contributed by atoms with Crippen molar-refractivity contribution in [2.24, 2.45) is 11.8 Å². The summed E-state index contributed by atoms with van der Waals surface area (Å²) in [6, 6.07) is 8.47. The molecule has 0 aromatic heterocycles. The lowest BCUT2D eigenvalue weighted by atomic mass is 9.78. The number of amides is 1. The molecule has 2 unspecified atom stereocenters. The van der Waals surface area contributed by atoms with Gasteiger partial charge in [-0.3, -0.25) is 4.79 Å². The maximum absolute atomic E-state index is 12.2. The van der Waals surface area contributed by atoms with Crippen molar-refractivity contribution in [3.05, 3.63) is 29.8 Å². The molecule has 20 heavy (non-hydrogen) atoms. The summed E-state index contributed by atoms with van der Waals surface area (Å²) in [6.45, 7) is 0. The number of carboxylic acids is 1. The van der Waals surface area contributed by atoms with Crippen LogP contribution in [0.25, 0.3) is 0 Å². The van der Waals surface area contributed by atoms with E-state index in [4.69, 9.17) is 5.26 Å². The average molecular weight is 271 g/mol. The average Bonchev–Trinajstić information content (AvgIpc) is 2.48. The van der Waals surface area contributed by atoms with E-state index in [9.17, 15) is 14.7 Å². The van der Waals surface area contributed by atoms with Gasteiger partial charge in [0.2, 0.25) is 5.91 Å². The highest BCUT2D eigenvalue weighted by molar-refractivity contribution is 5.95. The second-order valence-electron chi connectivity index (χ2n) is 4.99. The predicted molar refractivity (Wildman–Crippen MR) is 70.2 cm³/mol. The SMILES string of the molecule is N#Cc1ccc(NC(=O)C2CCCCC2C(=O)[O-])cc1. The fourth-order valence-electron chi connectivity index (χ4n) is 2.59. The van der Waals surface area contributed by atoms with E-state index in [1.54, 1.807) is 24.3 Å². The first-order valence-corrected chi connectivity index (χ1v) is 6.63. The van der Waals surface area contributed by atoms with Crippen LogP contribution in [0.5, 0.6) is 0 Å². The topological polar surface area (TPSA) is 93.0 Å². The second-order valence-corrected chi connectivity index (χ2v) is 4.99. The van der Waals surface area contributed by atoms with E-state index in [2.05, 4.69) is 5.32 Å². The minimum atomic E-state index is -1.15. The number of nitrogens with zero attached hydrogens (tertiary/aromatic N) is 1. The number of nitrogens with one attached hydrogen (secondary N) is 1. The zero-order valence-electron chi connectivity index (χ0n) is 11.0. The fourth-order valence-corrected chi connectivity index (χ4v) is 2.59. The summed E-state index contributed by atoms with van der Waals surface area (Å²) in [6.07, 6.45) is 2.74. The Hall–Kier alpha value is -2.35. The van der Waals surface area contributed by atoms with Crippen molar-refractivity contribution in [2.75, 3.05) is 5.32 Å². The van der Waals surface area contributed by atoms with Crippen molar-refractivity contribution in [1.82, 2.24) is 0 Å². The van der Waals surface area contributed by atoms with Crippen molar-refractivity contribution >= 4 is 17.6 Å². The molecule has 104 valence electrons. The van der Waals surface area contributed by atoms with E-state index in [-0.39, 0.29) is 5.91 Å². The predicted octanol–water partition coefficient (Wildman–Crippen LogP) is 1.05. The minimum absolute atomic E-state index is 0.288. The van der Waals surface area contributed by atoms with Crippen LogP contribution in [0.1, 0.15) is 31.2 Å². The molecule has 0 saturated heterocycles. The molecule has 0 spiro atoms. The summed E-state index contributed by atoms with van der Waals surface area (Å²) in [4.78, 5) is 23.2. The molecule has 1 N–H and O–H groups in total. The Morgan fingerprint density at radius 3 is 2.30 bits per heavy atom. The number of aliphatic carboxylic acids is 1. The van der Waals surface area contributed by atoms with Crippen LogP contribution >= 0.6 is 0 Å². The fraction of sp³-hybridized carbons (Fsp3) is 0.400. The highest BCUT2D eigenvalue weighted by Crippen LogP contribution is 2.30. The van der Waals surface area contributed by atoms with E-state index >= 15 is 0 Å². The lowest BCUT2D eigenvalue weighted by Crippen LogP contribution is -2.42. The third kappa shape index (κ3) is 3.15. The van der Waals surface area contributed by atoms with Gasteiger partial charge in [-0.05, 0) is 37.1 Å². The molecule has 0 aliphatic heterocycles. The number of benzene rings is 1. The summed E-state index contributed by atoms with van der Waals surface area (Å²) < 4.78 is 0. The number of anilines is 1. The molecule has 0 bridgehead atoms. The lowest BCUT2D eigenvalue weighted by molar-refractivity contribution is -0.313. The molecule has 1 amide bonds. The first-order valence-electron chi connectivity index (χ1n) is 6.63.